The first-order valence-corrected chi connectivity index (χ1v) is 4.09. The molecule has 3 nitrogen and oxygen atoms in total. The summed E-state index contributed by atoms with van der Waals surface area (Å²) >= 11 is 0. The largest absolute Gasteiger partial charge is 0.392 e. The Morgan fingerprint density at radius 3 is 2.64 bits per heavy atom. The van der Waals surface area contributed by atoms with Gasteiger partial charge in [0, 0.05) is 18.5 Å². The van der Waals surface area contributed by atoms with Crippen molar-refractivity contribution in [2.75, 3.05) is 26.3 Å². The maximum Gasteiger partial charge on any atom is 0.0636 e. The van der Waals surface area contributed by atoms with Crippen molar-refractivity contribution in [1.29, 1.82) is 0 Å². The van der Waals surface area contributed by atoms with Crippen LogP contribution in [0.2, 0.25) is 0 Å². The van der Waals surface area contributed by atoms with Crippen molar-refractivity contribution in [2.24, 2.45) is 5.41 Å². The average molecular weight is 159 g/mol. The topological polar surface area (TPSA) is 41.5 Å². The van der Waals surface area contributed by atoms with Crippen LogP contribution in [0.5, 0.6) is 0 Å². The maximum atomic E-state index is 8.95. The number of hydrogen-bond acceptors (Lipinski definition) is 3. The van der Waals surface area contributed by atoms with Gasteiger partial charge in [0.2, 0.25) is 0 Å². The molecular weight excluding hydrogens is 142 g/mol. The maximum absolute atomic E-state index is 8.95. The molecule has 0 spiro atoms. The number of ether oxygens (including phenoxy) is 1. The van der Waals surface area contributed by atoms with E-state index in [4.69, 9.17) is 9.84 Å². The lowest BCUT2D eigenvalue weighted by Gasteiger charge is -2.38. The predicted octanol–water partition coefficient (Wildman–Crippen LogP) is -0.00670. The first-order chi connectivity index (χ1) is 5.12. The van der Waals surface area contributed by atoms with Gasteiger partial charge in [-0.05, 0) is 6.92 Å². The van der Waals surface area contributed by atoms with Gasteiger partial charge in [-0.3, -0.25) is 0 Å². The van der Waals surface area contributed by atoms with E-state index < -0.39 is 0 Å². The fourth-order valence-electron chi connectivity index (χ4n) is 1.14. The first kappa shape index (κ1) is 8.97. The summed E-state index contributed by atoms with van der Waals surface area (Å²) < 4.78 is 5.09. The van der Waals surface area contributed by atoms with E-state index in [-0.39, 0.29) is 6.10 Å². The summed E-state index contributed by atoms with van der Waals surface area (Å²) in [6.07, 6.45) is -0.250. The molecule has 3 heteroatoms. The highest BCUT2D eigenvalue weighted by atomic mass is 16.5. The Balaban J connectivity index is 2.02. The van der Waals surface area contributed by atoms with Crippen LogP contribution in [0.4, 0.5) is 0 Å². The van der Waals surface area contributed by atoms with Crippen molar-refractivity contribution < 1.29 is 9.84 Å². The molecule has 0 radical (unpaired) electrons. The van der Waals surface area contributed by atoms with E-state index in [2.05, 4.69) is 12.2 Å². The number of aliphatic hydroxyl groups excluding tert-OH is 1. The van der Waals surface area contributed by atoms with Gasteiger partial charge in [0.05, 0.1) is 19.3 Å². The number of rotatable bonds is 4. The van der Waals surface area contributed by atoms with Gasteiger partial charge in [-0.2, -0.15) is 0 Å². The van der Waals surface area contributed by atoms with Gasteiger partial charge in [0.1, 0.15) is 0 Å². The van der Waals surface area contributed by atoms with E-state index in [1.807, 2.05) is 0 Å². The lowest BCUT2D eigenvalue weighted by Crippen LogP contribution is -2.48. The molecule has 0 amide bonds. The Morgan fingerprint density at radius 1 is 1.64 bits per heavy atom. The zero-order chi connectivity index (χ0) is 8.32. The van der Waals surface area contributed by atoms with Gasteiger partial charge in [-0.25, -0.2) is 0 Å². The Kier molecular flexibility index (Phi) is 2.87. The van der Waals surface area contributed by atoms with Crippen molar-refractivity contribution in [1.82, 2.24) is 5.32 Å². The Bertz CT molecular complexity index is 121. The summed E-state index contributed by atoms with van der Waals surface area (Å²) in [6, 6.07) is 0. The second kappa shape index (κ2) is 3.52. The molecule has 1 aliphatic heterocycles. The second-order valence-electron chi connectivity index (χ2n) is 3.78. The highest BCUT2D eigenvalue weighted by Gasteiger charge is 2.32. The molecule has 1 atom stereocenters. The van der Waals surface area contributed by atoms with E-state index in [1.165, 1.54) is 0 Å². The molecule has 0 aromatic carbocycles. The van der Waals surface area contributed by atoms with E-state index in [0.29, 0.717) is 12.0 Å². The van der Waals surface area contributed by atoms with Crippen molar-refractivity contribution in [2.45, 2.75) is 20.0 Å². The fourth-order valence-corrected chi connectivity index (χ4v) is 1.14. The second-order valence-corrected chi connectivity index (χ2v) is 3.78. The molecule has 11 heavy (non-hydrogen) atoms. The van der Waals surface area contributed by atoms with Crippen LogP contribution in [0, 0.1) is 5.41 Å². The molecule has 2 N–H and O–H groups in total. The summed E-state index contributed by atoms with van der Waals surface area (Å²) in [5.74, 6) is 0. The van der Waals surface area contributed by atoms with Crippen LogP contribution < -0.4 is 5.32 Å². The molecule has 0 bridgehead atoms. The third-order valence-electron chi connectivity index (χ3n) is 1.89. The van der Waals surface area contributed by atoms with Crippen LogP contribution in [0.15, 0.2) is 0 Å². The molecular formula is C8H17NO2. The van der Waals surface area contributed by atoms with E-state index >= 15 is 0 Å². The average Bonchev–Trinajstić information content (AvgIpc) is 1.83. The minimum absolute atomic E-state index is 0.250. The number of aliphatic hydroxyl groups is 1. The molecule has 66 valence electrons. The van der Waals surface area contributed by atoms with E-state index in [1.54, 1.807) is 6.92 Å². The molecule has 0 aromatic rings. The molecule has 1 saturated heterocycles. The molecule has 1 fully saturated rings. The summed E-state index contributed by atoms with van der Waals surface area (Å²) in [7, 11) is 0. The fraction of sp³-hybridized carbons (Fsp3) is 1.00. The number of nitrogens with one attached hydrogen (secondary N) is 1. The van der Waals surface area contributed by atoms with E-state index in [0.717, 1.165) is 19.8 Å². The zero-order valence-electron chi connectivity index (χ0n) is 7.26. The molecule has 0 aromatic heterocycles. The SMILES string of the molecule is C[C@H](O)CNCC1(C)COC1. The normalized spacial score (nSPS) is 24.3. The molecule has 0 saturated carbocycles. The highest BCUT2D eigenvalue weighted by Crippen LogP contribution is 2.24. The van der Waals surface area contributed by atoms with Gasteiger partial charge in [0.25, 0.3) is 0 Å². The Labute approximate surface area is 67.7 Å². The molecule has 1 rings (SSSR count). The minimum atomic E-state index is -0.250. The predicted molar refractivity (Wildman–Crippen MR) is 43.5 cm³/mol. The Hall–Kier alpha value is -0.120. The molecule has 0 unspecified atom stereocenters. The minimum Gasteiger partial charge on any atom is -0.392 e. The Morgan fingerprint density at radius 2 is 2.27 bits per heavy atom. The summed E-state index contributed by atoms with van der Waals surface area (Å²) in [5, 5.41) is 12.1. The van der Waals surface area contributed by atoms with Crippen LogP contribution in [0.25, 0.3) is 0 Å². The summed E-state index contributed by atoms with van der Waals surface area (Å²) in [6.45, 7) is 7.28. The van der Waals surface area contributed by atoms with Crippen molar-refractivity contribution in [3.8, 4) is 0 Å². The third kappa shape index (κ3) is 2.77. The van der Waals surface area contributed by atoms with Crippen LogP contribution in [0.3, 0.4) is 0 Å². The van der Waals surface area contributed by atoms with E-state index in [9.17, 15) is 0 Å². The third-order valence-corrected chi connectivity index (χ3v) is 1.89. The van der Waals surface area contributed by atoms with Crippen LogP contribution in [0.1, 0.15) is 13.8 Å². The van der Waals surface area contributed by atoms with Crippen molar-refractivity contribution in [3.05, 3.63) is 0 Å². The summed E-state index contributed by atoms with van der Waals surface area (Å²) in [4.78, 5) is 0. The molecule has 1 heterocycles. The molecule has 0 aliphatic carbocycles. The smallest absolute Gasteiger partial charge is 0.0636 e. The van der Waals surface area contributed by atoms with Crippen LogP contribution >= 0.6 is 0 Å². The van der Waals surface area contributed by atoms with Gasteiger partial charge in [-0.15, -0.1) is 0 Å². The molecule has 1 aliphatic rings. The number of hydrogen-bond donors (Lipinski definition) is 2. The first-order valence-electron chi connectivity index (χ1n) is 4.09. The van der Waals surface area contributed by atoms with Crippen LogP contribution in [-0.4, -0.2) is 37.5 Å². The van der Waals surface area contributed by atoms with Crippen molar-refractivity contribution >= 4 is 0 Å². The lowest BCUT2D eigenvalue weighted by molar-refractivity contribution is -0.0995. The van der Waals surface area contributed by atoms with Gasteiger partial charge in [-0.1, -0.05) is 6.92 Å². The van der Waals surface area contributed by atoms with Gasteiger partial charge < -0.3 is 15.2 Å². The summed E-state index contributed by atoms with van der Waals surface area (Å²) in [5.41, 5.74) is 0.314. The standard InChI is InChI=1S/C8H17NO2/c1-7(10)3-9-4-8(2)5-11-6-8/h7,9-10H,3-6H2,1-2H3/t7-/m0/s1. The van der Waals surface area contributed by atoms with Crippen molar-refractivity contribution in [3.63, 3.8) is 0 Å². The van der Waals surface area contributed by atoms with Gasteiger partial charge in [0.15, 0.2) is 0 Å². The van der Waals surface area contributed by atoms with Gasteiger partial charge >= 0.3 is 0 Å². The zero-order valence-corrected chi connectivity index (χ0v) is 7.26. The highest BCUT2D eigenvalue weighted by molar-refractivity contribution is 4.82. The quantitative estimate of drug-likeness (QED) is 0.606. The monoisotopic (exact) mass is 159 g/mol. The lowest BCUT2D eigenvalue weighted by atomic mass is 9.89. The van der Waals surface area contributed by atoms with Crippen LogP contribution in [-0.2, 0) is 4.74 Å².